The molecule has 0 unspecified atom stereocenters. The number of benzene rings is 1. The molecule has 0 saturated carbocycles. The summed E-state index contributed by atoms with van der Waals surface area (Å²) in [7, 11) is -3.15. The molecule has 0 aliphatic heterocycles. The van der Waals surface area contributed by atoms with Gasteiger partial charge >= 0.3 is 0 Å². The predicted octanol–water partition coefficient (Wildman–Crippen LogP) is 1.58. The van der Waals surface area contributed by atoms with Gasteiger partial charge in [0.15, 0.2) is 9.84 Å². The van der Waals surface area contributed by atoms with E-state index in [1.54, 1.807) is 12.1 Å². The van der Waals surface area contributed by atoms with E-state index in [4.69, 9.17) is 4.74 Å². The van der Waals surface area contributed by atoms with Crippen molar-refractivity contribution < 1.29 is 17.5 Å². The predicted molar refractivity (Wildman–Crippen MR) is 55.2 cm³/mol. The number of hydrogen-bond acceptors (Lipinski definition) is 3. The number of sulfone groups is 1. The van der Waals surface area contributed by atoms with Crippen molar-refractivity contribution in [3.8, 4) is 0 Å². The van der Waals surface area contributed by atoms with E-state index in [1.807, 2.05) is 0 Å². The molecule has 5 heteroatoms. The van der Waals surface area contributed by atoms with Gasteiger partial charge < -0.3 is 4.74 Å². The van der Waals surface area contributed by atoms with Gasteiger partial charge in [-0.1, -0.05) is 12.1 Å². The van der Waals surface area contributed by atoms with Crippen LogP contribution in [0.1, 0.15) is 5.56 Å². The first-order chi connectivity index (χ1) is 7.04. The Hall–Kier alpha value is -0.940. The van der Waals surface area contributed by atoms with Crippen LogP contribution in [0.4, 0.5) is 4.39 Å². The van der Waals surface area contributed by atoms with Gasteiger partial charge in [-0.05, 0) is 17.7 Å². The number of halogens is 1. The van der Waals surface area contributed by atoms with E-state index in [2.05, 4.69) is 0 Å². The highest BCUT2D eigenvalue weighted by atomic mass is 32.2. The molecule has 0 aromatic heterocycles. The van der Waals surface area contributed by atoms with Crippen LogP contribution in [0.5, 0.6) is 0 Å². The third-order valence-electron chi connectivity index (χ3n) is 1.84. The SMILES string of the molecule is CS(=O)(=O)c1ccc(COCCF)cc1. The van der Waals surface area contributed by atoms with E-state index in [0.29, 0.717) is 6.61 Å². The quantitative estimate of drug-likeness (QED) is 0.724. The van der Waals surface area contributed by atoms with Gasteiger partial charge in [0.2, 0.25) is 0 Å². The van der Waals surface area contributed by atoms with Gasteiger partial charge in [0.1, 0.15) is 6.67 Å². The average Bonchev–Trinajstić information content (AvgIpc) is 2.18. The Labute approximate surface area is 88.8 Å². The van der Waals surface area contributed by atoms with Crippen LogP contribution >= 0.6 is 0 Å². The molecule has 0 aliphatic carbocycles. The molecular weight excluding hydrogens is 219 g/mol. The highest BCUT2D eigenvalue weighted by Crippen LogP contribution is 2.10. The van der Waals surface area contributed by atoms with Gasteiger partial charge in [0.25, 0.3) is 0 Å². The van der Waals surface area contributed by atoms with E-state index in [0.717, 1.165) is 11.8 Å². The minimum Gasteiger partial charge on any atom is -0.374 e. The van der Waals surface area contributed by atoms with Crippen molar-refractivity contribution in [1.82, 2.24) is 0 Å². The van der Waals surface area contributed by atoms with Crippen molar-refractivity contribution in [2.24, 2.45) is 0 Å². The van der Waals surface area contributed by atoms with Crippen LogP contribution in [-0.2, 0) is 21.2 Å². The maximum atomic E-state index is 11.7. The van der Waals surface area contributed by atoms with Crippen molar-refractivity contribution in [3.05, 3.63) is 29.8 Å². The third kappa shape index (κ3) is 3.97. The Bertz CT molecular complexity index is 397. The van der Waals surface area contributed by atoms with Crippen molar-refractivity contribution in [1.29, 1.82) is 0 Å². The highest BCUT2D eigenvalue weighted by Gasteiger charge is 2.05. The highest BCUT2D eigenvalue weighted by molar-refractivity contribution is 7.90. The monoisotopic (exact) mass is 232 g/mol. The van der Waals surface area contributed by atoms with Gasteiger partial charge in [0, 0.05) is 6.26 Å². The summed E-state index contributed by atoms with van der Waals surface area (Å²) >= 11 is 0. The van der Waals surface area contributed by atoms with E-state index in [1.165, 1.54) is 12.1 Å². The summed E-state index contributed by atoms with van der Waals surface area (Å²) in [6, 6.07) is 6.36. The first-order valence-electron chi connectivity index (χ1n) is 4.47. The zero-order chi connectivity index (χ0) is 11.3. The van der Waals surface area contributed by atoms with Crippen molar-refractivity contribution in [3.63, 3.8) is 0 Å². The summed E-state index contributed by atoms with van der Waals surface area (Å²) in [4.78, 5) is 0.275. The fourth-order valence-corrected chi connectivity index (χ4v) is 1.71. The molecule has 1 aromatic carbocycles. The summed E-state index contributed by atoms with van der Waals surface area (Å²) in [5.41, 5.74) is 0.829. The van der Waals surface area contributed by atoms with Crippen molar-refractivity contribution >= 4 is 9.84 Å². The van der Waals surface area contributed by atoms with E-state index in [9.17, 15) is 12.8 Å². The summed E-state index contributed by atoms with van der Waals surface area (Å²) < 4.78 is 38.9. The molecule has 1 aromatic rings. The van der Waals surface area contributed by atoms with Crippen LogP contribution in [0, 0.1) is 0 Å². The van der Waals surface area contributed by atoms with E-state index < -0.39 is 16.5 Å². The Kier molecular flexibility index (Phi) is 4.23. The van der Waals surface area contributed by atoms with Crippen molar-refractivity contribution in [2.75, 3.05) is 19.5 Å². The fourth-order valence-electron chi connectivity index (χ4n) is 1.08. The first kappa shape index (κ1) is 12.1. The average molecular weight is 232 g/mol. The largest absolute Gasteiger partial charge is 0.374 e. The molecule has 0 atom stereocenters. The van der Waals surface area contributed by atoms with Crippen LogP contribution in [0.2, 0.25) is 0 Å². The summed E-state index contributed by atoms with van der Waals surface area (Å²) in [6.45, 7) is -0.150. The lowest BCUT2D eigenvalue weighted by Gasteiger charge is -2.03. The molecule has 0 radical (unpaired) electrons. The number of rotatable bonds is 5. The molecule has 0 heterocycles. The topological polar surface area (TPSA) is 43.4 Å². The maximum absolute atomic E-state index is 11.7. The Balaban J connectivity index is 2.65. The number of hydrogen-bond donors (Lipinski definition) is 0. The zero-order valence-electron chi connectivity index (χ0n) is 8.44. The summed E-state index contributed by atoms with van der Waals surface area (Å²) in [6.07, 6.45) is 1.15. The molecule has 0 spiro atoms. The molecular formula is C10H13FO3S. The first-order valence-corrected chi connectivity index (χ1v) is 6.36. The lowest BCUT2D eigenvalue weighted by molar-refractivity contribution is 0.106. The van der Waals surface area contributed by atoms with Crippen LogP contribution in [0.15, 0.2) is 29.2 Å². The molecule has 0 N–H and O–H groups in total. The van der Waals surface area contributed by atoms with Gasteiger partial charge in [-0.2, -0.15) is 0 Å². The van der Waals surface area contributed by atoms with E-state index >= 15 is 0 Å². The van der Waals surface area contributed by atoms with Crippen LogP contribution in [0.3, 0.4) is 0 Å². The molecule has 0 fully saturated rings. The molecule has 3 nitrogen and oxygen atoms in total. The van der Waals surface area contributed by atoms with Crippen LogP contribution < -0.4 is 0 Å². The smallest absolute Gasteiger partial charge is 0.175 e. The van der Waals surface area contributed by atoms with E-state index in [-0.39, 0.29) is 11.5 Å². The lowest BCUT2D eigenvalue weighted by atomic mass is 10.2. The Morgan fingerprint density at radius 3 is 2.33 bits per heavy atom. The molecule has 1 rings (SSSR count). The summed E-state index contributed by atoms with van der Waals surface area (Å²) in [5, 5.41) is 0. The van der Waals surface area contributed by atoms with Crippen LogP contribution in [0.25, 0.3) is 0 Å². The zero-order valence-corrected chi connectivity index (χ0v) is 9.26. The number of alkyl halides is 1. The number of ether oxygens (including phenoxy) is 1. The summed E-state index contributed by atoms with van der Waals surface area (Å²) in [5.74, 6) is 0. The maximum Gasteiger partial charge on any atom is 0.175 e. The Morgan fingerprint density at radius 1 is 1.27 bits per heavy atom. The molecule has 84 valence electrons. The standard InChI is InChI=1S/C10H13FO3S/c1-15(12,13)10-4-2-9(3-5-10)8-14-7-6-11/h2-5H,6-8H2,1H3. The minimum atomic E-state index is -3.15. The third-order valence-corrected chi connectivity index (χ3v) is 2.97. The second-order valence-corrected chi connectivity index (χ2v) is 5.17. The molecule has 0 saturated heterocycles. The fraction of sp³-hybridized carbons (Fsp3) is 0.400. The normalized spacial score (nSPS) is 11.6. The van der Waals surface area contributed by atoms with Crippen molar-refractivity contribution in [2.45, 2.75) is 11.5 Å². The van der Waals surface area contributed by atoms with Gasteiger partial charge in [-0.25, -0.2) is 12.8 Å². The van der Waals surface area contributed by atoms with Gasteiger partial charge in [0.05, 0.1) is 18.1 Å². The van der Waals surface area contributed by atoms with Crippen LogP contribution in [-0.4, -0.2) is 28.0 Å². The second-order valence-electron chi connectivity index (χ2n) is 3.16. The minimum absolute atomic E-state index is 0.0633. The molecule has 0 bridgehead atoms. The van der Waals surface area contributed by atoms with Gasteiger partial charge in [-0.15, -0.1) is 0 Å². The Morgan fingerprint density at radius 2 is 1.87 bits per heavy atom. The second kappa shape index (κ2) is 5.23. The molecule has 0 aliphatic rings. The molecule has 15 heavy (non-hydrogen) atoms. The lowest BCUT2D eigenvalue weighted by Crippen LogP contribution is -1.99. The van der Waals surface area contributed by atoms with Gasteiger partial charge in [-0.3, -0.25) is 0 Å². The molecule has 0 amide bonds.